The van der Waals surface area contributed by atoms with Crippen LogP contribution in [0.3, 0.4) is 0 Å². The van der Waals surface area contributed by atoms with E-state index in [4.69, 9.17) is 13.7 Å². The number of nitrogens with zero attached hydrogens (tertiary/aromatic N) is 3. The van der Waals surface area contributed by atoms with Crippen LogP contribution >= 0.6 is 0 Å². The molecular formula is C25H20N4O4. The van der Waals surface area contributed by atoms with Crippen molar-refractivity contribution in [1.82, 2.24) is 15.4 Å². The Morgan fingerprint density at radius 2 is 2.03 bits per heavy atom. The number of anilines is 1. The van der Waals surface area contributed by atoms with Crippen molar-refractivity contribution in [1.29, 1.82) is 0 Å². The lowest BCUT2D eigenvalue weighted by Gasteiger charge is -2.27. The fourth-order valence-electron chi connectivity index (χ4n) is 3.94. The van der Waals surface area contributed by atoms with E-state index in [0.29, 0.717) is 39.9 Å². The molecule has 1 amide bonds. The first-order valence-corrected chi connectivity index (χ1v) is 10.2. The molecule has 8 nitrogen and oxygen atoms in total. The lowest BCUT2D eigenvalue weighted by Crippen LogP contribution is -2.30. The number of aromatic amines is 1. The van der Waals surface area contributed by atoms with Gasteiger partial charge < -0.3 is 13.7 Å². The SMILES string of the molecule is C=C/C=C\C=C(/OC)C1c2c(n[nH]c2-c2ccco2)C(=O)N1c1ccc(-c2ccon2)cc1. The summed E-state index contributed by atoms with van der Waals surface area (Å²) in [5.41, 5.74) is 3.92. The first-order valence-electron chi connectivity index (χ1n) is 10.2. The van der Waals surface area contributed by atoms with Crippen molar-refractivity contribution < 1.29 is 18.5 Å². The quantitative estimate of drug-likeness (QED) is 0.309. The van der Waals surface area contributed by atoms with Crippen molar-refractivity contribution in [3.63, 3.8) is 0 Å². The number of hydrogen-bond donors (Lipinski definition) is 1. The van der Waals surface area contributed by atoms with Crippen LogP contribution in [0.2, 0.25) is 0 Å². The van der Waals surface area contributed by atoms with E-state index < -0.39 is 6.04 Å². The van der Waals surface area contributed by atoms with E-state index in [1.807, 2.05) is 42.5 Å². The van der Waals surface area contributed by atoms with Crippen LogP contribution in [0, 0.1) is 0 Å². The minimum absolute atomic E-state index is 0.242. The summed E-state index contributed by atoms with van der Waals surface area (Å²) in [6.45, 7) is 3.70. The van der Waals surface area contributed by atoms with E-state index >= 15 is 0 Å². The average Bonchev–Trinajstić information content (AvgIpc) is 3.64. The third-order valence-electron chi connectivity index (χ3n) is 5.42. The second-order valence-electron chi connectivity index (χ2n) is 7.24. The van der Waals surface area contributed by atoms with Gasteiger partial charge in [0.25, 0.3) is 5.91 Å². The molecule has 0 bridgehead atoms. The predicted octanol–water partition coefficient (Wildman–Crippen LogP) is 5.30. The molecule has 0 saturated carbocycles. The standard InChI is InChI=1S/C25H20N4O4/c1-3-4-5-7-20(31-2)24-21-22(19-8-6-14-32-19)26-27-23(21)25(30)29(24)17-11-9-16(10-12-17)18-13-15-33-28-18/h3-15,24H,1H2,2H3,(H,26,27)/b5-4-,20-7-. The molecule has 0 radical (unpaired) electrons. The largest absolute Gasteiger partial charge is 0.499 e. The van der Waals surface area contributed by atoms with Crippen molar-refractivity contribution in [2.24, 2.45) is 0 Å². The highest BCUT2D eigenvalue weighted by Crippen LogP contribution is 2.45. The molecule has 0 spiro atoms. The highest BCUT2D eigenvalue weighted by atomic mass is 16.5. The van der Waals surface area contributed by atoms with Crippen LogP contribution in [0.5, 0.6) is 0 Å². The summed E-state index contributed by atoms with van der Waals surface area (Å²) < 4.78 is 16.3. The van der Waals surface area contributed by atoms with Gasteiger partial charge in [-0.3, -0.25) is 14.8 Å². The van der Waals surface area contributed by atoms with Gasteiger partial charge in [0.2, 0.25) is 0 Å². The number of amides is 1. The third-order valence-corrected chi connectivity index (χ3v) is 5.42. The maximum atomic E-state index is 13.5. The van der Waals surface area contributed by atoms with Crippen LogP contribution in [-0.4, -0.2) is 28.4 Å². The predicted molar refractivity (Wildman–Crippen MR) is 122 cm³/mol. The zero-order chi connectivity index (χ0) is 22.8. The summed E-state index contributed by atoms with van der Waals surface area (Å²) in [4.78, 5) is 15.2. The Morgan fingerprint density at radius 3 is 2.70 bits per heavy atom. The number of carbonyl (C=O) groups excluding carboxylic acids is 1. The molecule has 0 saturated heterocycles. The third kappa shape index (κ3) is 3.47. The van der Waals surface area contributed by atoms with Crippen LogP contribution < -0.4 is 4.90 Å². The molecule has 0 aliphatic carbocycles. The highest BCUT2D eigenvalue weighted by Gasteiger charge is 2.45. The summed E-state index contributed by atoms with van der Waals surface area (Å²) in [5, 5.41) is 11.2. The smallest absolute Gasteiger partial charge is 0.280 e. The Kier molecular flexibility index (Phi) is 5.24. The summed E-state index contributed by atoms with van der Waals surface area (Å²) in [5.74, 6) is 0.908. The zero-order valence-corrected chi connectivity index (χ0v) is 17.8. The Balaban J connectivity index is 1.63. The van der Waals surface area contributed by atoms with Gasteiger partial charge in [-0.1, -0.05) is 42.1 Å². The number of furan rings is 1. The van der Waals surface area contributed by atoms with E-state index in [2.05, 4.69) is 21.9 Å². The number of ether oxygens (including phenoxy) is 1. The molecular weight excluding hydrogens is 420 g/mol. The monoisotopic (exact) mass is 440 g/mol. The molecule has 5 rings (SSSR count). The Bertz CT molecular complexity index is 1330. The maximum absolute atomic E-state index is 13.5. The van der Waals surface area contributed by atoms with E-state index in [0.717, 1.165) is 5.56 Å². The topological polar surface area (TPSA) is 97.4 Å². The summed E-state index contributed by atoms with van der Waals surface area (Å²) in [6.07, 6.45) is 10.2. The maximum Gasteiger partial charge on any atom is 0.280 e. The zero-order valence-electron chi connectivity index (χ0n) is 17.8. The van der Waals surface area contributed by atoms with Crippen LogP contribution in [0.1, 0.15) is 22.1 Å². The van der Waals surface area contributed by atoms with Gasteiger partial charge in [0.15, 0.2) is 11.5 Å². The van der Waals surface area contributed by atoms with Gasteiger partial charge in [-0.15, -0.1) is 0 Å². The number of allylic oxidation sites excluding steroid dienone is 4. The Hall–Kier alpha value is -4.59. The normalized spacial score (nSPS) is 15.9. The number of hydrogen-bond acceptors (Lipinski definition) is 6. The van der Waals surface area contributed by atoms with Crippen LogP contribution in [0.25, 0.3) is 22.7 Å². The number of rotatable bonds is 7. The van der Waals surface area contributed by atoms with Crippen LogP contribution in [-0.2, 0) is 4.74 Å². The van der Waals surface area contributed by atoms with Gasteiger partial charge in [-0.05, 0) is 30.3 Å². The fourth-order valence-corrected chi connectivity index (χ4v) is 3.94. The van der Waals surface area contributed by atoms with E-state index in [-0.39, 0.29) is 5.91 Å². The second-order valence-corrected chi connectivity index (χ2v) is 7.24. The molecule has 164 valence electrons. The lowest BCUT2D eigenvalue weighted by atomic mass is 10.0. The molecule has 1 aliphatic heterocycles. The number of carbonyl (C=O) groups is 1. The molecule has 1 aromatic carbocycles. The van der Waals surface area contributed by atoms with Crippen LogP contribution in [0.15, 0.2) is 101 Å². The molecule has 3 aromatic heterocycles. The second kappa shape index (κ2) is 8.51. The molecule has 1 atom stereocenters. The number of fused-ring (bicyclic) bond motifs is 1. The molecule has 4 aromatic rings. The summed E-state index contributed by atoms with van der Waals surface area (Å²) in [6, 6.07) is 12.3. The van der Waals surface area contributed by atoms with Gasteiger partial charge in [-0.2, -0.15) is 5.10 Å². The van der Waals surface area contributed by atoms with Crippen molar-refractivity contribution in [2.75, 3.05) is 12.0 Å². The van der Waals surface area contributed by atoms with Crippen molar-refractivity contribution in [2.45, 2.75) is 6.04 Å². The molecule has 8 heteroatoms. The number of benzene rings is 1. The van der Waals surface area contributed by atoms with Gasteiger partial charge in [0.05, 0.1) is 13.4 Å². The number of H-pyrrole nitrogens is 1. The molecule has 0 fully saturated rings. The molecule has 4 heterocycles. The van der Waals surface area contributed by atoms with E-state index in [9.17, 15) is 4.79 Å². The van der Waals surface area contributed by atoms with Gasteiger partial charge in [0.1, 0.15) is 29.5 Å². The lowest BCUT2D eigenvalue weighted by molar-refractivity contribution is 0.0983. The Morgan fingerprint density at radius 1 is 1.18 bits per heavy atom. The molecule has 1 N–H and O–H groups in total. The van der Waals surface area contributed by atoms with Gasteiger partial charge in [0, 0.05) is 22.9 Å². The van der Waals surface area contributed by atoms with Crippen molar-refractivity contribution >= 4 is 11.6 Å². The summed E-state index contributed by atoms with van der Waals surface area (Å²) >= 11 is 0. The molecule has 1 aliphatic rings. The number of methoxy groups -OCH3 is 1. The highest BCUT2D eigenvalue weighted by molar-refractivity contribution is 6.11. The average molecular weight is 440 g/mol. The van der Waals surface area contributed by atoms with Crippen LogP contribution in [0.4, 0.5) is 5.69 Å². The first-order chi connectivity index (χ1) is 16.2. The minimum atomic E-state index is -0.552. The van der Waals surface area contributed by atoms with Crippen molar-refractivity contribution in [3.8, 4) is 22.7 Å². The minimum Gasteiger partial charge on any atom is -0.499 e. The Labute approximate surface area is 189 Å². The van der Waals surface area contributed by atoms with Gasteiger partial charge >= 0.3 is 0 Å². The van der Waals surface area contributed by atoms with E-state index in [1.54, 1.807) is 42.6 Å². The number of nitrogens with one attached hydrogen (secondary N) is 1. The molecule has 1 unspecified atom stereocenters. The number of aromatic nitrogens is 3. The summed E-state index contributed by atoms with van der Waals surface area (Å²) in [7, 11) is 1.58. The van der Waals surface area contributed by atoms with E-state index in [1.165, 1.54) is 6.26 Å². The fraction of sp³-hybridized carbons (Fsp3) is 0.0800. The first kappa shape index (κ1) is 20.3. The van der Waals surface area contributed by atoms with Gasteiger partial charge in [-0.25, -0.2) is 0 Å². The molecule has 33 heavy (non-hydrogen) atoms. The van der Waals surface area contributed by atoms with Crippen molar-refractivity contribution in [3.05, 3.63) is 103 Å².